The van der Waals surface area contributed by atoms with Crippen LogP contribution in [0, 0.1) is 0 Å². The third kappa shape index (κ3) is 3.63. The fourth-order valence-electron chi connectivity index (χ4n) is 2.48. The third-order valence-corrected chi connectivity index (χ3v) is 3.76. The van der Waals surface area contributed by atoms with Gasteiger partial charge >= 0.3 is 0 Å². The number of furan rings is 1. The third-order valence-electron chi connectivity index (χ3n) is 3.76. The molecular weight excluding hydrogens is 304 g/mol. The number of rotatable bonds is 5. The first-order chi connectivity index (χ1) is 11.6. The van der Waals surface area contributed by atoms with Crippen LogP contribution in [-0.4, -0.2) is 30.3 Å². The van der Waals surface area contributed by atoms with E-state index in [9.17, 15) is 9.59 Å². The zero-order valence-corrected chi connectivity index (χ0v) is 13.4. The minimum atomic E-state index is -0.233. The minimum absolute atomic E-state index is 0.00757. The van der Waals surface area contributed by atoms with Crippen molar-refractivity contribution in [3.05, 3.63) is 72.2 Å². The van der Waals surface area contributed by atoms with Crippen LogP contribution >= 0.6 is 0 Å². The quantitative estimate of drug-likeness (QED) is 0.785. The number of benzene rings is 2. The van der Waals surface area contributed by atoms with E-state index < -0.39 is 0 Å². The Kier molecular flexibility index (Phi) is 4.61. The van der Waals surface area contributed by atoms with Crippen LogP contribution in [0.3, 0.4) is 0 Å². The maximum Gasteiger partial charge on any atom is 0.254 e. The Morgan fingerprint density at radius 2 is 1.83 bits per heavy atom. The standard InChI is InChI=1S/C19H18N2O3/c1-21(13-18(22)20-12-17-7-4-10-24-17)19(23)16-9-8-14-5-2-3-6-15(14)11-16/h2-11H,12-13H2,1H3,(H,20,22). The van der Waals surface area contributed by atoms with Crippen LogP contribution in [0.2, 0.25) is 0 Å². The molecule has 0 fully saturated rings. The monoisotopic (exact) mass is 322 g/mol. The summed E-state index contributed by atoms with van der Waals surface area (Å²) in [5, 5.41) is 4.80. The van der Waals surface area contributed by atoms with Gasteiger partial charge in [0.1, 0.15) is 5.76 Å². The zero-order chi connectivity index (χ0) is 16.9. The van der Waals surface area contributed by atoms with Gasteiger partial charge in [0.05, 0.1) is 19.4 Å². The van der Waals surface area contributed by atoms with Gasteiger partial charge in [0.2, 0.25) is 5.91 Å². The first-order valence-corrected chi connectivity index (χ1v) is 7.67. The highest BCUT2D eigenvalue weighted by molar-refractivity contribution is 5.99. The number of fused-ring (bicyclic) bond motifs is 1. The molecule has 0 aliphatic rings. The van der Waals surface area contributed by atoms with Crippen molar-refractivity contribution in [1.29, 1.82) is 0 Å². The summed E-state index contributed by atoms with van der Waals surface area (Å²) < 4.78 is 5.15. The number of hydrogen-bond acceptors (Lipinski definition) is 3. The summed E-state index contributed by atoms with van der Waals surface area (Å²) in [7, 11) is 1.62. The lowest BCUT2D eigenvalue weighted by Crippen LogP contribution is -2.38. The fourth-order valence-corrected chi connectivity index (χ4v) is 2.48. The molecule has 122 valence electrons. The molecule has 0 radical (unpaired) electrons. The zero-order valence-electron chi connectivity index (χ0n) is 13.4. The lowest BCUT2D eigenvalue weighted by Gasteiger charge is -2.17. The molecule has 5 heteroatoms. The van der Waals surface area contributed by atoms with Gasteiger partial charge in [-0.2, -0.15) is 0 Å². The van der Waals surface area contributed by atoms with Crippen molar-refractivity contribution in [1.82, 2.24) is 10.2 Å². The molecule has 0 saturated carbocycles. The molecule has 0 spiro atoms. The Morgan fingerprint density at radius 3 is 2.58 bits per heavy atom. The van der Waals surface area contributed by atoms with Gasteiger partial charge in [0, 0.05) is 12.6 Å². The average Bonchev–Trinajstić information content (AvgIpc) is 3.12. The highest BCUT2D eigenvalue weighted by Crippen LogP contribution is 2.16. The van der Waals surface area contributed by atoms with Crippen LogP contribution in [0.15, 0.2) is 65.3 Å². The first-order valence-electron chi connectivity index (χ1n) is 7.67. The van der Waals surface area contributed by atoms with E-state index in [-0.39, 0.29) is 18.4 Å². The Bertz CT molecular complexity index is 856. The number of nitrogens with zero attached hydrogens (tertiary/aromatic N) is 1. The molecule has 1 aromatic heterocycles. The van der Waals surface area contributed by atoms with E-state index >= 15 is 0 Å². The van der Waals surface area contributed by atoms with E-state index in [2.05, 4.69) is 5.32 Å². The topological polar surface area (TPSA) is 62.6 Å². The average molecular weight is 322 g/mol. The van der Waals surface area contributed by atoms with Gasteiger partial charge in [0.25, 0.3) is 5.91 Å². The van der Waals surface area contributed by atoms with E-state index in [1.807, 2.05) is 36.4 Å². The SMILES string of the molecule is CN(CC(=O)NCc1ccco1)C(=O)c1ccc2ccccc2c1. The van der Waals surface area contributed by atoms with Crippen molar-refractivity contribution in [3.8, 4) is 0 Å². The van der Waals surface area contributed by atoms with Gasteiger partial charge in [-0.25, -0.2) is 0 Å². The molecule has 0 atom stereocenters. The number of likely N-dealkylation sites (N-methyl/N-ethyl adjacent to an activating group) is 1. The van der Waals surface area contributed by atoms with E-state index in [1.54, 1.807) is 31.5 Å². The lowest BCUT2D eigenvalue weighted by molar-refractivity contribution is -0.121. The smallest absolute Gasteiger partial charge is 0.254 e. The molecular formula is C19H18N2O3. The van der Waals surface area contributed by atoms with Crippen molar-refractivity contribution < 1.29 is 14.0 Å². The summed E-state index contributed by atoms with van der Waals surface area (Å²) in [6.45, 7) is 0.302. The molecule has 0 unspecified atom stereocenters. The summed E-state index contributed by atoms with van der Waals surface area (Å²) in [5.41, 5.74) is 0.565. The van der Waals surface area contributed by atoms with Crippen molar-refractivity contribution in [3.63, 3.8) is 0 Å². The molecule has 3 aromatic rings. The second-order valence-electron chi connectivity index (χ2n) is 5.58. The number of nitrogens with one attached hydrogen (secondary N) is 1. The van der Waals surface area contributed by atoms with Crippen molar-refractivity contribution in [2.75, 3.05) is 13.6 Å². The Hall–Kier alpha value is -3.08. The van der Waals surface area contributed by atoms with E-state index in [0.29, 0.717) is 17.9 Å². The molecule has 1 N–H and O–H groups in total. The molecule has 1 heterocycles. The molecule has 0 saturated heterocycles. The minimum Gasteiger partial charge on any atom is -0.467 e. The van der Waals surface area contributed by atoms with Crippen LogP contribution in [0.4, 0.5) is 0 Å². The molecule has 0 bridgehead atoms. The van der Waals surface area contributed by atoms with Crippen molar-refractivity contribution in [2.24, 2.45) is 0 Å². The van der Waals surface area contributed by atoms with Crippen LogP contribution in [0.1, 0.15) is 16.1 Å². The lowest BCUT2D eigenvalue weighted by atomic mass is 10.1. The van der Waals surface area contributed by atoms with E-state index in [0.717, 1.165) is 10.8 Å². The van der Waals surface area contributed by atoms with Crippen LogP contribution < -0.4 is 5.32 Å². The van der Waals surface area contributed by atoms with Crippen LogP contribution in [0.5, 0.6) is 0 Å². The second kappa shape index (κ2) is 7.00. The summed E-state index contributed by atoms with van der Waals surface area (Å²) in [4.78, 5) is 25.8. The second-order valence-corrected chi connectivity index (χ2v) is 5.58. The molecule has 24 heavy (non-hydrogen) atoms. The van der Waals surface area contributed by atoms with Gasteiger partial charge in [0.15, 0.2) is 0 Å². The molecule has 0 aliphatic heterocycles. The van der Waals surface area contributed by atoms with Gasteiger partial charge in [-0.3, -0.25) is 9.59 Å². The predicted molar refractivity (Wildman–Crippen MR) is 91.5 cm³/mol. The van der Waals surface area contributed by atoms with Gasteiger partial charge in [-0.15, -0.1) is 0 Å². The van der Waals surface area contributed by atoms with E-state index in [1.165, 1.54) is 4.90 Å². The maximum atomic E-state index is 12.5. The Balaban J connectivity index is 1.61. The van der Waals surface area contributed by atoms with Crippen molar-refractivity contribution >= 4 is 22.6 Å². The maximum absolute atomic E-state index is 12.5. The summed E-state index contributed by atoms with van der Waals surface area (Å²) in [6, 6.07) is 16.9. The van der Waals surface area contributed by atoms with Crippen LogP contribution in [-0.2, 0) is 11.3 Å². The van der Waals surface area contributed by atoms with Gasteiger partial charge in [-0.1, -0.05) is 30.3 Å². The normalized spacial score (nSPS) is 10.5. The Morgan fingerprint density at radius 1 is 1.04 bits per heavy atom. The number of amides is 2. The van der Waals surface area contributed by atoms with Gasteiger partial charge in [-0.05, 0) is 35.0 Å². The molecule has 0 aliphatic carbocycles. The first kappa shape index (κ1) is 15.8. The summed E-state index contributed by atoms with van der Waals surface area (Å²) in [5.74, 6) is 0.254. The summed E-state index contributed by atoms with van der Waals surface area (Å²) >= 11 is 0. The van der Waals surface area contributed by atoms with Gasteiger partial charge < -0.3 is 14.6 Å². The largest absolute Gasteiger partial charge is 0.467 e. The highest BCUT2D eigenvalue weighted by Gasteiger charge is 2.15. The molecule has 2 aromatic carbocycles. The van der Waals surface area contributed by atoms with Crippen molar-refractivity contribution in [2.45, 2.75) is 6.54 Å². The fraction of sp³-hybridized carbons (Fsp3) is 0.158. The highest BCUT2D eigenvalue weighted by atomic mass is 16.3. The number of carbonyl (C=O) groups excluding carboxylic acids is 2. The number of carbonyl (C=O) groups is 2. The number of hydrogen-bond donors (Lipinski definition) is 1. The van der Waals surface area contributed by atoms with Crippen LogP contribution in [0.25, 0.3) is 10.8 Å². The summed E-state index contributed by atoms with van der Waals surface area (Å²) in [6.07, 6.45) is 1.55. The molecule has 2 amide bonds. The molecule has 5 nitrogen and oxygen atoms in total. The Labute approximate surface area is 139 Å². The molecule has 3 rings (SSSR count). The van der Waals surface area contributed by atoms with E-state index in [4.69, 9.17) is 4.42 Å². The predicted octanol–water partition coefficient (Wildman–Crippen LogP) is 2.82.